The smallest absolute Gasteiger partial charge is 0.340 e. The number of carbonyl (C=O) groups excluding carboxylic acids is 1. The number of piperazine rings is 1. The van der Waals surface area contributed by atoms with Gasteiger partial charge in [0.05, 0.1) is 6.42 Å². The Balaban J connectivity index is 2.36. The van der Waals surface area contributed by atoms with Gasteiger partial charge in [-0.05, 0) is 19.4 Å². The Bertz CT molecular complexity index is 302. The summed E-state index contributed by atoms with van der Waals surface area (Å²) in [4.78, 5) is 15.5. The molecule has 0 aromatic carbocycles. The van der Waals surface area contributed by atoms with Crippen LogP contribution in [0.1, 0.15) is 32.6 Å². The van der Waals surface area contributed by atoms with Gasteiger partial charge in [-0.2, -0.15) is 13.2 Å². The largest absolute Gasteiger partial charge is 0.389 e. The summed E-state index contributed by atoms with van der Waals surface area (Å²) in [6.45, 7) is 5.19. The molecule has 1 fully saturated rings. The summed E-state index contributed by atoms with van der Waals surface area (Å²) < 4.78 is 36.3. The quantitative estimate of drug-likeness (QED) is 0.810. The van der Waals surface area contributed by atoms with E-state index in [1.165, 1.54) is 4.90 Å². The molecule has 1 aliphatic rings. The van der Waals surface area contributed by atoms with E-state index in [1.54, 1.807) is 0 Å². The zero-order chi connectivity index (χ0) is 15.2. The van der Waals surface area contributed by atoms with Crippen LogP contribution in [0.2, 0.25) is 0 Å². The van der Waals surface area contributed by atoms with Crippen LogP contribution in [0.15, 0.2) is 0 Å². The number of halogens is 3. The van der Waals surface area contributed by atoms with Gasteiger partial charge in [-0.15, -0.1) is 0 Å². The molecule has 20 heavy (non-hydrogen) atoms. The van der Waals surface area contributed by atoms with Crippen LogP contribution in [0.25, 0.3) is 0 Å². The molecule has 0 aromatic heterocycles. The molecule has 0 saturated carbocycles. The van der Waals surface area contributed by atoms with Gasteiger partial charge in [-0.3, -0.25) is 9.69 Å². The van der Waals surface area contributed by atoms with Gasteiger partial charge in [0.2, 0.25) is 5.91 Å². The minimum absolute atomic E-state index is 0.395. The van der Waals surface area contributed by atoms with Crippen molar-refractivity contribution in [2.75, 3.05) is 32.7 Å². The third-order valence-electron chi connectivity index (χ3n) is 3.78. The number of nitrogens with zero attached hydrogens (tertiary/aromatic N) is 2. The van der Waals surface area contributed by atoms with E-state index in [-0.39, 0.29) is 0 Å². The lowest BCUT2D eigenvalue weighted by atomic mass is 10.1. The first-order chi connectivity index (χ1) is 9.37. The maximum absolute atomic E-state index is 12.1. The Morgan fingerprint density at radius 2 is 1.85 bits per heavy atom. The number of alkyl halides is 3. The fourth-order valence-electron chi connectivity index (χ4n) is 2.58. The zero-order valence-electron chi connectivity index (χ0n) is 12.0. The Morgan fingerprint density at radius 1 is 1.25 bits per heavy atom. The van der Waals surface area contributed by atoms with E-state index in [2.05, 4.69) is 11.8 Å². The molecule has 118 valence electrons. The van der Waals surface area contributed by atoms with Crippen molar-refractivity contribution in [3.8, 4) is 0 Å². The Hall–Kier alpha value is -0.820. The first kappa shape index (κ1) is 17.2. The summed E-state index contributed by atoms with van der Waals surface area (Å²) in [5.41, 5.74) is 5.57. The molecule has 0 aromatic rings. The fraction of sp³-hybridized carbons (Fsp3) is 0.923. The third-order valence-corrected chi connectivity index (χ3v) is 3.78. The maximum Gasteiger partial charge on any atom is 0.389 e. The van der Waals surface area contributed by atoms with Crippen molar-refractivity contribution in [1.29, 1.82) is 0 Å². The lowest BCUT2D eigenvalue weighted by Gasteiger charge is -2.39. The van der Waals surface area contributed by atoms with Crippen molar-refractivity contribution < 1.29 is 18.0 Å². The van der Waals surface area contributed by atoms with Gasteiger partial charge in [0.15, 0.2) is 0 Å². The van der Waals surface area contributed by atoms with Gasteiger partial charge in [-0.25, -0.2) is 0 Å². The Kier molecular flexibility index (Phi) is 6.75. The minimum atomic E-state index is -4.26. The molecule has 1 atom stereocenters. The monoisotopic (exact) mass is 295 g/mol. The molecular weight excluding hydrogens is 271 g/mol. The molecule has 1 saturated heterocycles. The molecular formula is C13H24F3N3O. The van der Waals surface area contributed by atoms with Crippen molar-refractivity contribution in [2.24, 2.45) is 5.73 Å². The van der Waals surface area contributed by atoms with Crippen LogP contribution in [-0.4, -0.2) is 60.6 Å². The molecule has 1 aliphatic heterocycles. The van der Waals surface area contributed by atoms with Crippen LogP contribution in [0.5, 0.6) is 0 Å². The van der Waals surface area contributed by atoms with Crippen molar-refractivity contribution in [2.45, 2.75) is 44.8 Å². The highest BCUT2D eigenvalue weighted by Gasteiger charge is 2.30. The predicted octanol–water partition coefficient (Wildman–Crippen LogP) is 1.60. The summed E-state index contributed by atoms with van der Waals surface area (Å²) in [6, 6.07) is 0.410. The molecule has 0 bridgehead atoms. The number of amides is 1. The summed E-state index contributed by atoms with van der Waals surface area (Å²) in [5, 5.41) is 0. The molecule has 0 radical (unpaired) electrons. The van der Waals surface area contributed by atoms with Gasteiger partial charge >= 0.3 is 6.18 Å². The average Bonchev–Trinajstić information content (AvgIpc) is 2.41. The van der Waals surface area contributed by atoms with Gasteiger partial charge in [0.1, 0.15) is 0 Å². The second-order valence-electron chi connectivity index (χ2n) is 5.17. The van der Waals surface area contributed by atoms with Crippen molar-refractivity contribution in [3.63, 3.8) is 0 Å². The van der Waals surface area contributed by atoms with Crippen molar-refractivity contribution in [3.05, 3.63) is 0 Å². The molecule has 2 N–H and O–H groups in total. The molecule has 1 unspecified atom stereocenters. The van der Waals surface area contributed by atoms with E-state index >= 15 is 0 Å². The van der Waals surface area contributed by atoms with Crippen LogP contribution in [-0.2, 0) is 4.79 Å². The van der Waals surface area contributed by atoms with Crippen LogP contribution in [0, 0.1) is 0 Å². The summed E-state index contributed by atoms with van der Waals surface area (Å²) >= 11 is 0. The standard InChI is InChI=1S/C13H24F3N3O/c1-2-11(4-6-17)18-7-9-19(10-8-18)12(20)3-5-13(14,15)16/h11H,2-10,17H2,1H3. The van der Waals surface area contributed by atoms with Gasteiger partial charge in [0.25, 0.3) is 0 Å². The number of hydrogen-bond donors (Lipinski definition) is 1. The van der Waals surface area contributed by atoms with E-state index in [4.69, 9.17) is 5.73 Å². The zero-order valence-corrected chi connectivity index (χ0v) is 12.0. The summed E-state index contributed by atoms with van der Waals surface area (Å²) in [6.07, 6.45) is -3.82. The van der Waals surface area contributed by atoms with Gasteiger partial charge < -0.3 is 10.6 Å². The van der Waals surface area contributed by atoms with Crippen LogP contribution < -0.4 is 5.73 Å². The highest BCUT2D eigenvalue weighted by Crippen LogP contribution is 2.22. The third kappa shape index (κ3) is 5.66. The van der Waals surface area contributed by atoms with E-state index < -0.39 is 24.9 Å². The minimum Gasteiger partial charge on any atom is -0.340 e. The topological polar surface area (TPSA) is 49.6 Å². The van der Waals surface area contributed by atoms with E-state index in [0.717, 1.165) is 25.9 Å². The molecule has 7 heteroatoms. The molecule has 1 amide bonds. The average molecular weight is 295 g/mol. The van der Waals surface area contributed by atoms with Crippen LogP contribution >= 0.6 is 0 Å². The normalized spacial score (nSPS) is 19.1. The van der Waals surface area contributed by atoms with E-state index in [9.17, 15) is 18.0 Å². The maximum atomic E-state index is 12.1. The molecule has 0 aliphatic carbocycles. The second kappa shape index (κ2) is 7.83. The highest BCUT2D eigenvalue weighted by molar-refractivity contribution is 5.76. The molecule has 1 heterocycles. The van der Waals surface area contributed by atoms with Crippen molar-refractivity contribution in [1.82, 2.24) is 9.80 Å². The Morgan fingerprint density at radius 3 is 2.30 bits per heavy atom. The molecule has 4 nitrogen and oxygen atoms in total. The van der Waals surface area contributed by atoms with E-state index in [0.29, 0.717) is 25.7 Å². The second-order valence-corrected chi connectivity index (χ2v) is 5.17. The number of nitrogens with two attached hydrogens (primary N) is 1. The Labute approximate surface area is 118 Å². The highest BCUT2D eigenvalue weighted by atomic mass is 19.4. The summed E-state index contributed by atoms with van der Waals surface area (Å²) in [7, 11) is 0. The molecule has 1 rings (SSSR count). The number of rotatable bonds is 6. The first-order valence-electron chi connectivity index (χ1n) is 7.16. The van der Waals surface area contributed by atoms with E-state index in [1.807, 2.05) is 0 Å². The predicted molar refractivity (Wildman–Crippen MR) is 71.2 cm³/mol. The lowest BCUT2D eigenvalue weighted by Crippen LogP contribution is -2.52. The lowest BCUT2D eigenvalue weighted by molar-refractivity contribution is -0.150. The first-order valence-corrected chi connectivity index (χ1v) is 7.16. The number of hydrogen-bond acceptors (Lipinski definition) is 3. The van der Waals surface area contributed by atoms with Crippen LogP contribution in [0.4, 0.5) is 13.2 Å². The SMILES string of the molecule is CCC(CCN)N1CCN(C(=O)CCC(F)(F)F)CC1. The van der Waals surface area contributed by atoms with Crippen LogP contribution in [0.3, 0.4) is 0 Å². The van der Waals surface area contributed by atoms with Crippen molar-refractivity contribution >= 4 is 5.91 Å². The molecule has 0 spiro atoms. The fourth-order valence-corrected chi connectivity index (χ4v) is 2.58. The van der Waals surface area contributed by atoms with Gasteiger partial charge in [0, 0.05) is 38.6 Å². The number of carbonyl (C=O) groups is 1. The van der Waals surface area contributed by atoms with Gasteiger partial charge in [-0.1, -0.05) is 6.92 Å². The summed E-state index contributed by atoms with van der Waals surface area (Å²) in [5.74, 6) is -0.395.